The molecule has 0 N–H and O–H groups in total. The third-order valence-corrected chi connectivity index (χ3v) is 10.4. The van der Waals surface area contributed by atoms with Crippen LogP contribution in [0, 0.1) is 0 Å². The van der Waals surface area contributed by atoms with Crippen molar-refractivity contribution in [2.75, 3.05) is 0 Å². The molecular formula is C50H32. The van der Waals surface area contributed by atoms with Crippen LogP contribution < -0.4 is 0 Å². The smallest absolute Gasteiger partial charge is 0.00199 e. The summed E-state index contributed by atoms with van der Waals surface area (Å²) in [5.74, 6) is 0. The normalized spacial score (nSPS) is 11.6. The van der Waals surface area contributed by atoms with Gasteiger partial charge in [0.25, 0.3) is 0 Å². The summed E-state index contributed by atoms with van der Waals surface area (Å²) in [6.45, 7) is 0. The predicted octanol–water partition coefficient (Wildman–Crippen LogP) is 14.1. The lowest BCUT2D eigenvalue weighted by atomic mass is 9.82. The number of rotatable bonds is 4. The molecular weight excluding hydrogens is 601 g/mol. The van der Waals surface area contributed by atoms with E-state index in [0.717, 1.165) is 0 Å². The maximum Gasteiger partial charge on any atom is -0.00199 e. The fraction of sp³-hybridized carbons (Fsp3) is 0. The van der Waals surface area contributed by atoms with E-state index in [1.54, 1.807) is 0 Å². The third kappa shape index (κ3) is 4.46. The third-order valence-electron chi connectivity index (χ3n) is 10.4. The van der Waals surface area contributed by atoms with Crippen LogP contribution in [0.5, 0.6) is 0 Å². The molecule has 0 heterocycles. The van der Waals surface area contributed by atoms with Crippen LogP contribution in [0.1, 0.15) is 0 Å². The minimum Gasteiger partial charge on any atom is -0.0622 e. The van der Waals surface area contributed by atoms with Crippen LogP contribution in [0.2, 0.25) is 0 Å². The highest BCUT2D eigenvalue weighted by Gasteiger charge is 2.20. The first-order valence-electron chi connectivity index (χ1n) is 17.4. The highest BCUT2D eigenvalue weighted by atomic mass is 14.2. The van der Waals surface area contributed by atoms with Crippen molar-refractivity contribution in [2.45, 2.75) is 0 Å². The van der Waals surface area contributed by atoms with Crippen LogP contribution in [0.4, 0.5) is 0 Å². The first-order valence-corrected chi connectivity index (χ1v) is 17.4. The van der Waals surface area contributed by atoms with Crippen molar-refractivity contribution >= 4 is 53.9 Å². The van der Waals surface area contributed by atoms with Gasteiger partial charge in [0.15, 0.2) is 0 Å². The van der Waals surface area contributed by atoms with Gasteiger partial charge in [0.2, 0.25) is 0 Å². The summed E-state index contributed by atoms with van der Waals surface area (Å²) in [6, 6.07) is 71.3. The molecule has 0 aliphatic heterocycles. The molecule has 0 aliphatic carbocycles. The summed E-state index contributed by atoms with van der Waals surface area (Å²) < 4.78 is 0. The van der Waals surface area contributed by atoms with Crippen LogP contribution in [0.3, 0.4) is 0 Å². The molecule has 0 unspecified atom stereocenters. The molecule has 0 aromatic heterocycles. The van der Waals surface area contributed by atoms with Crippen LogP contribution in [-0.2, 0) is 0 Å². The predicted molar refractivity (Wildman–Crippen MR) is 216 cm³/mol. The van der Waals surface area contributed by atoms with E-state index < -0.39 is 0 Å². The van der Waals surface area contributed by atoms with E-state index in [0.29, 0.717) is 0 Å². The van der Waals surface area contributed by atoms with E-state index in [-0.39, 0.29) is 0 Å². The summed E-state index contributed by atoms with van der Waals surface area (Å²) in [5.41, 5.74) is 9.89. The van der Waals surface area contributed by atoms with Gasteiger partial charge in [-0.25, -0.2) is 0 Å². The Hall–Kier alpha value is -6.50. The standard InChI is InChI=1S/C50H32/c1-3-15-33(16-4-1)35-27-29-37(36-28-30-42-40-21-8-7-19-38(40)39-20-9-10-22-41(39)47(42)32-36)48(31-35)50-45-25-13-11-23-43(45)49(34-17-5-2-6-18-34)44-24-12-14-26-46(44)50/h1-32H. The van der Waals surface area contributed by atoms with E-state index in [4.69, 9.17) is 0 Å². The Kier molecular flexibility index (Phi) is 6.60. The lowest BCUT2D eigenvalue weighted by Crippen LogP contribution is -1.94. The highest BCUT2D eigenvalue weighted by molar-refractivity contribution is 6.26. The molecule has 0 radical (unpaired) electrons. The molecule has 0 nitrogen and oxygen atoms in total. The average Bonchev–Trinajstić information content (AvgIpc) is 3.20. The fourth-order valence-electron chi connectivity index (χ4n) is 8.22. The van der Waals surface area contributed by atoms with E-state index in [1.807, 2.05) is 0 Å². The molecule has 10 rings (SSSR count). The van der Waals surface area contributed by atoms with Crippen LogP contribution in [-0.4, -0.2) is 0 Å². The molecule has 0 spiro atoms. The number of hydrogen-bond donors (Lipinski definition) is 0. The monoisotopic (exact) mass is 632 g/mol. The Morgan fingerprint density at radius 1 is 0.180 bits per heavy atom. The topological polar surface area (TPSA) is 0 Å². The second-order valence-corrected chi connectivity index (χ2v) is 13.2. The van der Waals surface area contributed by atoms with E-state index >= 15 is 0 Å². The van der Waals surface area contributed by atoms with Crippen LogP contribution >= 0.6 is 0 Å². The summed E-state index contributed by atoms with van der Waals surface area (Å²) in [7, 11) is 0. The van der Waals surface area contributed by atoms with Crippen molar-refractivity contribution in [1.82, 2.24) is 0 Å². The molecule has 0 heteroatoms. The zero-order valence-corrected chi connectivity index (χ0v) is 27.5. The Bertz CT molecular complexity index is 2810. The van der Waals surface area contributed by atoms with Gasteiger partial charge in [0.1, 0.15) is 0 Å². The average molecular weight is 633 g/mol. The summed E-state index contributed by atoms with van der Waals surface area (Å²) in [5, 5.41) is 12.8. The molecule has 50 heavy (non-hydrogen) atoms. The zero-order chi connectivity index (χ0) is 33.0. The lowest BCUT2D eigenvalue weighted by Gasteiger charge is -2.21. The van der Waals surface area contributed by atoms with Gasteiger partial charge in [-0.3, -0.25) is 0 Å². The van der Waals surface area contributed by atoms with E-state index in [2.05, 4.69) is 194 Å². The maximum atomic E-state index is 2.42. The van der Waals surface area contributed by atoms with Crippen molar-refractivity contribution in [3.05, 3.63) is 194 Å². The Balaban J connectivity index is 1.33. The molecule has 0 saturated heterocycles. The van der Waals surface area contributed by atoms with Crippen molar-refractivity contribution in [3.8, 4) is 44.5 Å². The molecule has 10 aromatic rings. The van der Waals surface area contributed by atoms with Crippen LogP contribution in [0.15, 0.2) is 194 Å². The fourth-order valence-corrected chi connectivity index (χ4v) is 8.22. The van der Waals surface area contributed by atoms with Crippen molar-refractivity contribution in [2.24, 2.45) is 0 Å². The minimum absolute atomic E-state index is 1.21. The van der Waals surface area contributed by atoms with Crippen molar-refractivity contribution in [1.29, 1.82) is 0 Å². The summed E-state index contributed by atoms with van der Waals surface area (Å²) >= 11 is 0. The molecule has 0 atom stereocenters. The Labute approximate surface area is 291 Å². The molecule has 0 fully saturated rings. The van der Waals surface area contributed by atoms with Gasteiger partial charge in [-0.2, -0.15) is 0 Å². The Morgan fingerprint density at radius 2 is 0.580 bits per heavy atom. The second kappa shape index (κ2) is 11.6. The Morgan fingerprint density at radius 3 is 1.12 bits per heavy atom. The van der Waals surface area contributed by atoms with Crippen molar-refractivity contribution in [3.63, 3.8) is 0 Å². The SMILES string of the molecule is c1ccc(-c2ccc(-c3ccc4c5ccccc5c5ccccc5c4c3)c(-c3c4ccccc4c(-c4ccccc4)c4ccccc34)c2)cc1. The van der Waals surface area contributed by atoms with Crippen molar-refractivity contribution < 1.29 is 0 Å². The lowest BCUT2D eigenvalue weighted by molar-refractivity contribution is 1.59. The molecule has 0 amide bonds. The van der Waals surface area contributed by atoms with Gasteiger partial charge < -0.3 is 0 Å². The molecule has 10 aromatic carbocycles. The first-order chi connectivity index (χ1) is 24.8. The van der Waals surface area contributed by atoms with Gasteiger partial charge in [-0.15, -0.1) is 0 Å². The van der Waals surface area contributed by atoms with E-state index in [9.17, 15) is 0 Å². The van der Waals surface area contributed by atoms with Gasteiger partial charge in [-0.1, -0.05) is 182 Å². The maximum absolute atomic E-state index is 2.42. The molecule has 0 aliphatic rings. The largest absolute Gasteiger partial charge is 0.0622 e. The molecule has 0 saturated carbocycles. The molecule has 232 valence electrons. The minimum atomic E-state index is 1.21. The van der Waals surface area contributed by atoms with E-state index in [1.165, 1.54) is 98.4 Å². The summed E-state index contributed by atoms with van der Waals surface area (Å²) in [4.78, 5) is 0. The second-order valence-electron chi connectivity index (χ2n) is 13.2. The molecule has 0 bridgehead atoms. The number of fused-ring (bicyclic) bond motifs is 8. The first kappa shape index (κ1) is 28.5. The van der Waals surface area contributed by atoms with Gasteiger partial charge in [-0.05, 0) is 111 Å². The van der Waals surface area contributed by atoms with Gasteiger partial charge in [0, 0.05) is 0 Å². The highest BCUT2D eigenvalue weighted by Crippen LogP contribution is 2.47. The number of benzene rings is 10. The zero-order valence-electron chi connectivity index (χ0n) is 27.5. The quantitative estimate of drug-likeness (QED) is 0.134. The number of hydrogen-bond acceptors (Lipinski definition) is 0. The van der Waals surface area contributed by atoms with Crippen LogP contribution in [0.25, 0.3) is 98.4 Å². The summed E-state index contributed by atoms with van der Waals surface area (Å²) in [6.07, 6.45) is 0. The van der Waals surface area contributed by atoms with Gasteiger partial charge >= 0.3 is 0 Å². The van der Waals surface area contributed by atoms with Gasteiger partial charge in [0.05, 0.1) is 0 Å².